The average molecular weight is 375 g/mol. The van der Waals surface area contributed by atoms with Crippen molar-refractivity contribution in [3.63, 3.8) is 0 Å². The Bertz CT molecular complexity index is 537. The van der Waals surface area contributed by atoms with E-state index in [0.717, 1.165) is 37.3 Å². The lowest BCUT2D eigenvalue weighted by Gasteiger charge is -2.37. The van der Waals surface area contributed by atoms with Gasteiger partial charge in [0.05, 0.1) is 10.9 Å². The first-order valence-corrected chi connectivity index (χ1v) is 9.10. The summed E-state index contributed by atoms with van der Waals surface area (Å²) in [6.45, 7) is 2.72. The Morgan fingerprint density at radius 2 is 2.10 bits per heavy atom. The van der Waals surface area contributed by atoms with Crippen LogP contribution in [0.4, 0.5) is 0 Å². The van der Waals surface area contributed by atoms with E-state index < -0.39 is 10.0 Å². The number of hydrogen-bond acceptors (Lipinski definition) is 5. The quantitative estimate of drug-likeness (QED) is 0.799. The van der Waals surface area contributed by atoms with Gasteiger partial charge in [0.15, 0.2) is 0 Å². The van der Waals surface area contributed by atoms with Crippen LogP contribution in [0, 0.1) is 5.41 Å². The zero-order valence-electron chi connectivity index (χ0n) is 11.7. The standard InChI is InChI=1S/C12H19ClN2O3S2.ClH/c1-18-9-12(4-6-14-7-5-12)8-15-20(16,17)11-3-2-10(13)19-11;/h2-3,14-15H,4-9H2,1H3;1H. The summed E-state index contributed by atoms with van der Waals surface area (Å²) in [7, 11) is -1.84. The third-order valence-electron chi connectivity index (χ3n) is 3.57. The number of hydrogen-bond donors (Lipinski definition) is 2. The van der Waals surface area contributed by atoms with Gasteiger partial charge in [-0.3, -0.25) is 0 Å². The van der Waals surface area contributed by atoms with Crippen LogP contribution >= 0.6 is 35.3 Å². The molecular formula is C12H20Cl2N2O3S2. The summed E-state index contributed by atoms with van der Waals surface area (Å²) in [5.74, 6) is 0. The lowest BCUT2D eigenvalue weighted by atomic mass is 9.80. The molecule has 0 bridgehead atoms. The number of halogens is 2. The first kappa shape index (κ1) is 19.2. The highest BCUT2D eigenvalue weighted by Crippen LogP contribution is 2.30. The van der Waals surface area contributed by atoms with Crippen molar-refractivity contribution in [3.05, 3.63) is 16.5 Å². The molecule has 21 heavy (non-hydrogen) atoms. The maximum absolute atomic E-state index is 12.2. The molecular weight excluding hydrogens is 355 g/mol. The van der Waals surface area contributed by atoms with Crippen LogP contribution in [0.1, 0.15) is 12.8 Å². The van der Waals surface area contributed by atoms with Crippen molar-refractivity contribution in [1.82, 2.24) is 10.0 Å². The monoisotopic (exact) mass is 374 g/mol. The third-order valence-corrected chi connectivity index (χ3v) is 6.69. The molecule has 0 spiro atoms. The van der Waals surface area contributed by atoms with Gasteiger partial charge in [0.2, 0.25) is 10.0 Å². The van der Waals surface area contributed by atoms with Gasteiger partial charge in [-0.25, -0.2) is 13.1 Å². The first-order chi connectivity index (χ1) is 9.47. The summed E-state index contributed by atoms with van der Waals surface area (Å²) in [6.07, 6.45) is 1.79. The van der Waals surface area contributed by atoms with E-state index in [2.05, 4.69) is 10.0 Å². The van der Waals surface area contributed by atoms with Crippen LogP contribution in [0.15, 0.2) is 16.3 Å². The van der Waals surface area contributed by atoms with Gasteiger partial charge in [0.25, 0.3) is 0 Å². The van der Waals surface area contributed by atoms with Gasteiger partial charge in [-0.1, -0.05) is 11.6 Å². The molecule has 1 aliphatic rings. The molecule has 0 radical (unpaired) electrons. The van der Waals surface area contributed by atoms with Crippen molar-refractivity contribution in [2.24, 2.45) is 5.41 Å². The highest BCUT2D eigenvalue weighted by molar-refractivity contribution is 7.91. The van der Waals surface area contributed by atoms with E-state index in [9.17, 15) is 8.42 Å². The number of thiophene rings is 1. The molecule has 0 unspecified atom stereocenters. The molecule has 2 heterocycles. The van der Waals surface area contributed by atoms with Gasteiger partial charge in [-0.2, -0.15) is 0 Å². The summed E-state index contributed by atoms with van der Waals surface area (Å²) in [6, 6.07) is 3.12. The van der Waals surface area contributed by atoms with E-state index in [1.165, 1.54) is 6.07 Å². The molecule has 5 nitrogen and oxygen atoms in total. The van der Waals surface area contributed by atoms with Crippen LogP contribution < -0.4 is 10.0 Å². The number of sulfonamides is 1. The Balaban J connectivity index is 0.00000220. The summed E-state index contributed by atoms with van der Waals surface area (Å²) in [5, 5.41) is 3.28. The number of nitrogens with one attached hydrogen (secondary N) is 2. The van der Waals surface area contributed by atoms with Gasteiger partial charge in [-0.05, 0) is 38.1 Å². The van der Waals surface area contributed by atoms with Crippen molar-refractivity contribution in [1.29, 1.82) is 0 Å². The zero-order valence-corrected chi connectivity index (χ0v) is 14.9. The Kier molecular flexibility index (Phi) is 7.39. The fraction of sp³-hybridized carbons (Fsp3) is 0.667. The van der Waals surface area contributed by atoms with Crippen molar-refractivity contribution in [3.8, 4) is 0 Å². The average Bonchev–Trinajstić information content (AvgIpc) is 2.86. The van der Waals surface area contributed by atoms with Gasteiger partial charge < -0.3 is 10.1 Å². The molecule has 1 aromatic heterocycles. The van der Waals surface area contributed by atoms with Crippen molar-refractivity contribution in [2.45, 2.75) is 17.1 Å². The minimum Gasteiger partial charge on any atom is -0.384 e. The molecule has 1 aliphatic heterocycles. The Morgan fingerprint density at radius 3 is 2.62 bits per heavy atom. The highest BCUT2D eigenvalue weighted by Gasteiger charge is 2.33. The Labute approximate surface area is 140 Å². The fourth-order valence-corrected chi connectivity index (χ4v) is 5.08. The summed E-state index contributed by atoms with van der Waals surface area (Å²) < 4.78 is 33.1. The lowest BCUT2D eigenvalue weighted by Crippen LogP contribution is -2.47. The van der Waals surface area contributed by atoms with Crippen molar-refractivity contribution < 1.29 is 13.2 Å². The fourth-order valence-electron chi connectivity index (χ4n) is 2.40. The van der Waals surface area contributed by atoms with Crippen LogP contribution in [0.25, 0.3) is 0 Å². The van der Waals surface area contributed by atoms with Gasteiger partial charge >= 0.3 is 0 Å². The second-order valence-electron chi connectivity index (χ2n) is 5.07. The smallest absolute Gasteiger partial charge is 0.250 e. The second-order valence-corrected chi connectivity index (χ2v) is 8.77. The molecule has 122 valence electrons. The highest BCUT2D eigenvalue weighted by atomic mass is 35.5. The summed E-state index contributed by atoms with van der Waals surface area (Å²) in [5.41, 5.74) is -0.131. The topological polar surface area (TPSA) is 67.4 Å². The van der Waals surface area contributed by atoms with Gasteiger partial charge in [0.1, 0.15) is 4.21 Å². The summed E-state index contributed by atoms with van der Waals surface area (Å²) in [4.78, 5) is 0. The van der Waals surface area contributed by atoms with Crippen molar-refractivity contribution in [2.75, 3.05) is 33.4 Å². The number of piperidine rings is 1. The van der Waals surface area contributed by atoms with Crippen LogP contribution in [0.5, 0.6) is 0 Å². The third kappa shape index (κ3) is 5.06. The van der Waals surface area contributed by atoms with Crippen molar-refractivity contribution >= 4 is 45.4 Å². The van der Waals surface area contributed by atoms with E-state index in [1.54, 1.807) is 13.2 Å². The van der Waals surface area contributed by atoms with Gasteiger partial charge in [-0.15, -0.1) is 23.7 Å². The maximum atomic E-state index is 12.2. The number of methoxy groups -OCH3 is 1. The normalized spacial score (nSPS) is 18.2. The van der Waals surface area contributed by atoms with Crippen LogP contribution in [0.2, 0.25) is 4.34 Å². The van der Waals surface area contributed by atoms with E-state index in [-0.39, 0.29) is 22.0 Å². The molecule has 0 saturated carbocycles. The van der Waals surface area contributed by atoms with Gasteiger partial charge in [0, 0.05) is 19.1 Å². The molecule has 1 fully saturated rings. The Hall–Kier alpha value is 0.110. The minimum atomic E-state index is -3.49. The Morgan fingerprint density at radius 1 is 1.43 bits per heavy atom. The molecule has 0 aromatic carbocycles. The zero-order chi connectivity index (χ0) is 14.6. The molecule has 1 aromatic rings. The minimum absolute atomic E-state index is 0. The maximum Gasteiger partial charge on any atom is 0.250 e. The van der Waals surface area contributed by atoms with Crippen LogP contribution in [-0.2, 0) is 14.8 Å². The molecule has 1 saturated heterocycles. The molecule has 0 aliphatic carbocycles. The van der Waals surface area contributed by atoms with E-state index in [1.807, 2.05) is 0 Å². The van der Waals surface area contributed by atoms with E-state index in [4.69, 9.17) is 16.3 Å². The predicted molar refractivity (Wildman–Crippen MR) is 88.2 cm³/mol. The van der Waals surface area contributed by atoms with Crippen LogP contribution in [-0.4, -0.2) is 41.8 Å². The largest absolute Gasteiger partial charge is 0.384 e. The first-order valence-electron chi connectivity index (χ1n) is 6.42. The molecule has 9 heteroatoms. The number of ether oxygens (including phenoxy) is 1. The molecule has 0 atom stereocenters. The molecule has 2 N–H and O–H groups in total. The summed E-state index contributed by atoms with van der Waals surface area (Å²) >= 11 is 6.86. The van der Waals surface area contributed by atoms with E-state index >= 15 is 0 Å². The molecule has 0 amide bonds. The number of rotatable bonds is 6. The molecule has 2 rings (SSSR count). The SMILES string of the molecule is COCC1(CNS(=O)(=O)c2ccc(Cl)s2)CCNCC1.Cl. The van der Waals surface area contributed by atoms with Crippen LogP contribution in [0.3, 0.4) is 0 Å². The lowest BCUT2D eigenvalue weighted by molar-refractivity contribution is 0.0577. The van der Waals surface area contributed by atoms with E-state index in [0.29, 0.717) is 17.5 Å². The predicted octanol–water partition coefficient (Wildman–Crippen LogP) is 2.12. The second kappa shape index (κ2) is 8.10.